The molecule has 9 heteroatoms. The number of benzene rings is 2. The van der Waals surface area contributed by atoms with Gasteiger partial charge in [-0.05, 0) is 12.1 Å². The van der Waals surface area contributed by atoms with Crippen molar-refractivity contribution in [3.63, 3.8) is 0 Å². The number of nitro benzene ring substituents is 1. The average molecular weight is 335 g/mol. The van der Waals surface area contributed by atoms with Gasteiger partial charge in [-0.3, -0.25) is 10.1 Å². The Morgan fingerprint density at radius 1 is 1.35 bits per heavy atom. The molecule has 0 bridgehead atoms. The number of phenols is 1. The number of hydrogen-bond acceptors (Lipinski definition) is 6. The molecule has 0 saturated heterocycles. The lowest BCUT2D eigenvalue weighted by molar-refractivity contribution is -0.385. The van der Waals surface area contributed by atoms with Crippen LogP contribution in [-0.4, -0.2) is 20.0 Å². The van der Waals surface area contributed by atoms with Gasteiger partial charge in [-0.2, -0.15) is 0 Å². The van der Waals surface area contributed by atoms with Crippen LogP contribution in [0.4, 0.5) is 21.7 Å². The van der Waals surface area contributed by atoms with Crippen molar-refractivity contribution in [2.45, 2.75) is 0 Å². The van der Waals surface area contributed by atoms with Gasteiger partial charge in [0.05, 0.1) is 21.2 Å². The molecule has 2 aromatic carbocycles. The fourth-order valence-corrected chi connectivity index (χ4v) is 2.16. The zero-order valence-electron chi connectivity index (χ0n) is 11.3. The van der Waals surface area contributed by atoms with Crippen LogP contribution in [0.5, 0.6) is 5.75 Å². The summed E-state index contributed by atoms with van der Waals surface area (Å²) in [5.41, 5.74) is -0.0845. The van der Waals surface area contributed by atoms with Gasteiger partial charge in [0.15, 0.2) is 11.6 Å². The van der Waals surface area contributed by atoms with Crippen LogP contribution >= 0.6 is 11.6 Å². The molecule has 1 heterocycles. The molecule has 0 amide bonds. The summed E-state index contributed by atoms with van der Waals surface area (Å²) in [4.78, 5) is 18.1. The summed E-state index contributed by atoms with van der Waals surface area (Å²) in [6.45, 7) is 0. The Labute approximate surface area is 133 Å². The van der Waals surface area contributed by atoms with Crippen LogP contribution in [0, 0.1) is 15.9 Å². The van der Waals surface area contributed by atoms with E-state index in [-0.39, 0.29) is 22.2 Å². The summed E-state index contributed by atoms with van der Waals surface area (Å²) in [7, 11) is 0. The summed E-state index contributed by atoms with van der Waals surface area (Å²) < 4.78 is 13.8. The molecule has 0 fully saturated rings. The van der Waals surface area contributed by atoms with E-state index in [1.165, 1.54) is 18.3 Å². The summed E-state index contributed by atoms with van der Waals surface area (Å²) >= 11 is 5.69. The number of nitrogens with zero attached hydrogens (tertiary/aromatic N) is 3. The molecule has 0 atom stereocenters. The van der Waals surface area contributed by atoms with E-state index < -0.39 is 22.2 Å². The fraction of sp³-hybridized carbons (Fsp3) is 0. The van der Waals surface area contributed by atoms with Gasteiger partial charge in [0.25, 0.3) is 0 Å². The van der Waals surface area contributed by atoms with Crippen LogP contribution < -0.4 is 5.32 Å². The molecule has 2 N–H and O–H groups in total. The average Bonchev–Trinajstić information content (AvgIpc) is 2.51. The summed E-state index contributed by atoms with van der Waals surface area (Å²) in [6, 6.07) is 6.73. The number of fused-ring (bicyclic) bond motifs is 1. The highest BCUT2D eigenvalue weighted by atomic mass is 35.5. The first kappa shape index (κ1) is 14.9. The van der Waals surface area contributed by atoms with Gasteiger partial charge in [-0.15, -0.1) is 0 Å². The normalized spacial score (nSPS) is 10.7. The molecule has 0 unspecified atom stereocenters. The van der Waals surface area contributed by atoms with Crippen LogP contribution in [-0.2, 0) is 0 Å². The number of halogens is 2. The number of aromatic hydroxyl groups is 1. The number of rotatable bonds is 3. The van der Waals surface area contributed by atoms with Crippen molar-refractivity contribution in [3.8, 4) is 5.75 Å². The fourth-order valence-electron chi connectivity index (χ4n) is 1.98. The molecular weight excluding hydrogens is 327 g/mol. The van der Waals surface area contributed by atoms with Gasteiger partial charge in [0.2, 0.25) is 5.95 Å². The Morgan fingerprint density at radius 2 is 2.13 bits per heavy atom. The van der Waals surface area contributed by atoms with Crippen molar-refractivity contribution < 1.29 is 14.4 Å². The minimum absolute atomic E-state index is 0.0518. The number of phenolic OH excluding ortho intramolecular Hbond substituents is 1. The molecule has 1 aromatic heterocycles. The minimum Gasteiger partial charge on any atom is -0.502 e. The molecule has 7 nitrogen and oxygen atoms in total. The first-order valence-corrected chi connectivity index (χ1v) is 6.68. The van der Waals surface area contributed by atoms with Crippen molar-refractivity contribution in [2.24, 2.45) is 0 Å². The van der Waals surface area contributed by atoms with E-state index in [2.05, 4.69) is 15.3 Å². The highest BCUT2D eigenvalue weighted by Gasteiger charge is 2.16. The molecule has 0 spiro atoms. The Balaban J connectivity index is 2.02. The molecular formula is C14H8ClFN4O3. The van der Waals surface area contributed by atoms with Gasteiger partial charge < -0.3 is 10.4 Å². The number of anilines is 2. The lowest BCUT2D eigenvalue weighted by Gasteiger charge is -2.07. The van der Waals surface area contributed by atoms with E-state index in [9.17, 15) is 19.6 Å². The maximum Gasteiger partial charge on any atom is 0.311 e. The number of nitrogens with one attached hydrogen (secondary N) is 1. The monoisotopic (exact) mass is 334 g/mol. The third-order valence-corrected chi connectivity index (χ3v) is 3.36. The van der Waals surface area contributed by atoms with E-state index in [0.29, 0.717) is 5.39 Å². The Hall–Kier alpha value is -3.00. The topological polar surface area (TPSA) is 101 Å². The highest BCUT2D eigenvalue weighted by molar-refractivity contribution is 6.31. The smallest absolute Gasteiger partial charge is 0.311 e. The number of aromatic nitrogens is 2. The second kappa shape index (κ2) is 5.65. The van der Waals surface area contributed by atoms with E-state index in [0.717, 1.165) is 12.1 Å². The summed E-state index contributed by atoms with van der Waals surface area (Å²) in [5, 5.41) is 23.4. The number of nitro groups is 1. The molecule has 0 aliphatic rings. The van der Waals surface area contributed by atoms with E-state index in [1.54, 1.807) is 6.07 Å². The molecule has 23 heavy (non-hydrogen) atoms. The highest BCUT2D eigenvalue weighted by Crippen LogP contribution is 2.31. The second-order valence-corrected chi connectivity index (χ2v) is 4.98. The molecule has 0 saturated carbocycles. The lowest BCUT2D eigenvalue weighted by atomic mass is 10.2. The zero-order chi connectivity index (χ0) is 16.6. The lowest BCUT2D eigenvalue weighted by Crippen LogP contribution is -2.00. The van der Waals surface area contributed by atoms with Crippen LogP contribution in [0.3, 0.4) is 0 Å². The van der Waals surface area contributed by atoms with Crippen molar-refractivity contribution in [1.82, 2.24) is 9.97 Å². The molecule has 0 radical (unpaired) electrons. The van der Waals surface area contributed by atoms with E-state index in [4.69, 9.17) is 11.6 Å². The SMILES string of the molecule is O=[N+]([O-])c1cc2cnc(Nc3cccc(Cl)c3F)nc2cc1O. The van der Waals surface area contributed by atoms with Gasteiger partial charge in [-0.25, -0.2) is 14.4 Å². The Kier molecular flexibility index (Phi) is 3.67. The van der Waals surface area contributed by atoms with E-state index >= 15 is 0 Å². The Bertz CT molecular complexity index is 935. The second-order valence-electron chi connectivity index (χ2n) is 4.58. The zero-order valence-corrected chi connectivity index (χ0v) is 12.1. The molecule has 116 valence electrons. The first-order chi connectivity index (χ1) is 11.0. The standard InChI is InChI=1S/C14H8ClFN4O3/c15-8-2-1-3-9(13(8)16)18-14-17-6-7-4-11(20(22)23)12(21)5-10(7)19-14/h1-6,21H,(H,17,18,19). The van der Waals surface area contributed by atoms with Gasteiger partial charge in [-0.1, -0.05) is 17.7 Å². The molecule has 3 rings (SSSR count). The van der Waals surface area contributed by atoms with Crippen LogP contribution in [0.25, 0.3) is 10.9 Å². The third-order valence-electron chi connectivity index (χ3n) is 3.07. The summed E-state index contributed by atoms with van der Waals surface area (Å²) in [6.07, 6.45) is 1.33. The van der Waals surface area contributed by atoms with Gasteiger partial charge >= 0.3 is 5.69 Å². The van der Waals surface area contributed by atoms with Crippen LogP contribution in [0.2, 0.25) is 5.02 Å². The molecule has 0 aliphatic carbocycles. The van der Waals surface area contributed by atoms with Crippen LogP contribution in [0.15, 0.2) is 36.5 Å². The quantitative estimate of drug-likeness (QED) is 0.558. The van der Waals surface area contributed by atoms with Crippen molar-refractivity contribution >= 4 is 39.8 Å². The first-order valence-electron chi connectivity index (χ1n) is 6.31. The van der Waals surface area contributed by atoms with Crippen molar-refractivity contribution in [3.05, 3.63) is 57.5 Å². The van der Waals surface area contributed by atoms with Crippen molar-refractivity contribution in [1.29, 1.82) is 0 Å². The predicted molar refractivity (Wildman–Crippen MR) is 82.5 cm³/mol. The predicted octanol–water partition coefficient (Wildman–Crippen LogP) is 3.78. The van der Waals surface area contributed by atoms with Gasteiger partial charge in [0.1, 0.15) is 0 Å². The third kappa shape index (κ3) is 2.84. The minimum atomic E-state index is -0.706. The number of hydrogen-bond donors (Lipinski definition) is 2. The molecule has 3 aromatic rings. The maximum atomic E-state index is 13.8. The van der Waals surface area contributed by atoms with E-state index in [1.807, 2.05) is 0 Å². The van der Waals surface area contributed by atoms with Crippen molar-refractivity contribution in [2.75, 3.05) is 5.32 Å². The summed E-state index contributed by atoms with van der Waals surface area (Å²) in [5.74, 6) is -1.10. The maximum absolute atomic E-state index is 13.8. The largest absolute Gasteiger partial charge is 0.502 e. The Morgan fingerprint density at radius 3 is 2.87 bits per heavy atom. The van der Waals surface area contributed by atoms with Crippen LogP contribution in [0.1, 0.15) is 0 Å². The molecule has 0 aliphatic heterocycles. The van der Waals surface area contributed by atoms with Gasteiger partial charge in [0, 0.05) is 23.7 Å².